The Balaban J connectivity index is 2.57. The zero-order valence-electron chi connectivity index (χ0n) is 9.23. The molecule has 1 aromatic heterocycles. The fraction of sp³-hybridized carbons (Fsp3) is 0.500. The summed E-state index contributed by atoms with van der Waals surface area (Å²) in [5.41, 5.74) is 11.7. The maximum absolute atomic E-state index is 5.62. The van der Waals surface area contributed by atoms with Crippen LogP contribution in [0.5, 0.6) is 0 Å². The quantitative estimate of drug-likeness (QED) is 0.700. The smallest absolute Gasteiger partial charge is 0.149 e. The highest BCUT2D eigenvalue weighted by molar-refractivity contribution is 5.61. The van der Waals surface area contributed by atoms with E-state index in [1.807, 2.05) is 24.9 Å². The molecule has 0 aliphatic rings. The Morgan fingerprint density at radius 3 is 2.73 bits per heavy atom. The number of ether oxygens (including phenoxy) is 1. The first-order chi connectivity index (χ1) is 7.15. The number of anilines is 3. The van der Waals surface area contributed by atoms with E-state index < -0.39 is 0 Å². The zero-order valence-corrected chi connectivity index (χ0v) is 9.23. The molecule has 0 bridgehead atoms. The Bertz CT molecular complexity index is 316. The number of aromatic nitrogens is 1. The average Bonchev–Trinajstić information content (AvgIpc) is 2.22. The third-order valence-corrected chi connectivity index (χ3v) is 2.11. The lowest BCUT2D eigenvalue weighted by molar-refractivity contribution is 0.154. The first-order valence-electron chi connectivity index (χ1n) is 4.96. The minimum atomic E-state index is 0.371. The van der Waals surface area contributed by atoms with Crippen LogP contribution in [0.25, 0.3) is 0 Å². The van der Waals surface area contributed by atoms with E-state index in [4.69, 9.17) is 16.2 Å². The van der Waals surface area contributed by atoms with Crippen LogP contribution in [0.4, 0.5) is 17.3 Å². The van der Waals surface area contributed by atoms with Gasteiger partial charge in [-0.25, -0.2) is 4.98 Å². The SMILES string of the molecule is CCOCCN(C)c1ccc(N)c(N)n1. The van der Waals surface area contributed by atoms with Crippen LogP contribution >= 0.6 is 0 Å². The lowest BCUT2D eigenvalue weighted by atomic mass is 10.3. The van der Waals surface area contributed by atoms with Crippen molar-refractivity contribution in [2.45, 2.75) is 6.92 Å². The van der Waals surface area contributed by atoms with Crippen molar-refractivity contribution in [3.8, 4) is 0 Å². The Hall–Kier alpha value is -1.49. The number of pyridine rings is 1. The lowest BCUT2D eigenvalue weighted by Crippen LogP contribution is -2.23. The minimum Gasteiger partial charge on any atom is -0.396 e. The summed E-state index contributed by atoms with van der Waals surface area (Å²) < 4.78 is 5.25. The number of hydrogen-bond donors (Lipinski definition) is 2. The van der Waals surface area contributed by atoms with Gasteiger partial charge in [0.15, 0.2) is 0 Å². The van der Waals surface area contributed by atoms with E-state index in [9.17, 15) is 0 Å². The van der Waals surface area contributed by atoms with Crippen LogP contribution in [-0.2, 0) is 4.74 Å². The van der Waals surface area contributed by atoms with E-state index >= 15 is 0 Å². The fourth-order valence-electron chi connectivity index (χ4n) is 1.15. The number of rotatable bonds is 5. The second kappa shape index (κ2) is 5.41. The van der Waals surface area contributed by atoms with Crippen molar-refractivity contribution >= 4 is 17.3 Å². The molecular formula is C10H18N4O. The molecule has 15 heavy (non-hydrogen) atoms. The normalized spacial score (nSPS) is 10.3. The molecule has 0 atom stereocenters. The summed E-state index contributed by atoms with van der Waals surface area (Å²) in [7, 11) is 1.94. The van der Waals surface area contributed by atoms with Crippen molar-refractivity contribution in [1.82, 2.24) is 4.98 Å². The standard InChI is InChI=1S/C10H18N4O/c1-3-15-7-6-14(2)9-5-4-8(11)10(12)13-9/h4-5H,3,6-7,11H2,1-2H3,(H2,12,13). The van der Waals surface area contributed by atoms with Gasteiger partial charge in [0, 0.05) is 20.2 Å². The third-order valence-electron chi connectivity index (χ3n) is 2.11. The fourth-order valence-corrected chi connectivity index (χ4v) is 1.15. The van der Waals surface area contributed by atoms with Crippen LogP contribution < -0.4 is 16.4 Å². The topological polar surface area (TPSA) is 77.4 Å². The number of likely N-dealkylation sites (N-methyl/N-ethyl adjacent to an activating group) is 1. The summed E-state index contributed by atoms with van der Waals surface area (Å²) in [6.45, 7) is 4.16. The molecule has 1 aromatic rings. The van der Waals surface area contributed by atoms with Crippen LogP contribution in [0.15, 0.2) is 12.1 Å². The number of nitrogen functional groups attached to an aromatic ring is 2. The molecule has 0 aliphatic heterocycles. The summed E-state index contributed by atoms with van der Waals surface area (Å²) in [5, 5.41) is 0. The van der Waals surface area contributed by atoms with Crippen molar-refractivity contribution in [2.75, 3.05) is 43.2 Å². The van der Waals surface area contributed by atoms with E-state index in [0.29, 0.717) is 18.1 Å². The zero-order chi connectivity index (χ0) is 11.3. The van der Waals surface area contributed by atoms with Gasteiger partial charge in [-0.05, 0) is 19.1 Å². The molecular weight excluding hydrogens is 192 g/mol. The summed E-state index contributed by atoms with van der Waals surface area (Å²) in [6.07, 6.45) is 0. The van der Waals surface area contributed by atoms with E-state index in [0.717, 1.165) is 19.0 Å². The summed E-state index contributed by atoms with van der Waals surface area (Å²) >= 11 is 0. The number of nitrogens with zero attached hydrogens (tertiary/aromatic N) is 2. The van der Waals surface area contributed by atoms with Gasteiger partial charge in [0.2, 0.25) is 0 Å². The molecule has 0 amide bonds. The van der Waals surface area contributed by atoms with E-state index in [-0.39, 0.29) is 0 Å². The molecule has 0 fully saturated rings. The molecule has 0 aromatic carbocycles. The van der Waals surface area contributed by atoms with E-state index in [1.54, 1.807) is 6.07 Å². The molecule has 5 nitrogen and oxygen atoms in total. The predicted octanol–water partition coefficient (Wildman–Crippen LogP) is 0.719. The number of hydrogen-bond acceptors (Lipinski definition) is 5. The molecule has 0 saturated heterocycles. The number of nitrogens with two attached hydrogens (primary N) is 2. The monoisotopic (exact) mass is 210 g/mol. The van der Waals surface area contributed by atoms with Gasteiger partial charge >= 0.3 is 0 Å². The van der Waals surface area contributed by atoms with Crippen molar-refractivity contribution < 1.29 is 4.74 Å². The average molecular weight is 210 g/mol. The molecule has 0 aliphatic carbocycles. The van der Waals surface area contributed by atoms with Gasteiger partial charge in [-0.1, -0.05) is 0 Å². The van der Waals surface area contributed by atoms with Crippen LogP contribution in [0.3, 0.4) is 0 Å². The highest BCUT2D eigenvalue weighted by Crippen LogP contribution is 2.16. The van der Waals surface area contributed by atoms with Gasteiger partial charge in [-0.2, -0.15) is 0 Å². The molecule has 4 N–H and O–H groups in total. The Morgan fingerprint density at radius 1 is 1.40 bits per heavy atom. The molecule has 0 saturated carbocycles. The highest BCUT2D eigenvalue weighted by atomic mass is 16.5. The van der Waals surface area contributed by atoms with Crippen molar-refractivity contribution in [2.24, 2.45) is 0 Å². The van der Waals surface area contributed by atoms with Crippen LogP contribution in [0, 0.1) is 0 Å². The molecule has 0 spiro atoms. The minimum absolute atomic E-state index is 0.371. The summed E-state index contributed by atoms with van der Waals surface area (Å²) in [6, 6.07) is 3.60. The molecule has 1 heterocycles. The van der Waals surface area contributed by atoms with Gasteiger partial charge in [-0.3, -0.25) is 0 Å². The van der Waals surface area contributed by atoms with Crippen molar-refractivity contribution in [3.63, 3.8) is 0 Å². The molecule has 5 heteroatoms. The summed E-state index contributed by atoms with van der Waals surface area (Å²) in [4.78, 5) is 6.15. The molecule has 1 rings (SSSR count). The third kappa shape index (κ3) is 3.28. The Morgan fingerprint density at radius 2 is 2.13 bits per heavy atom. The first-order valence-corrected chi connectivity index (χ1v) is 4.96. The van der Waals surface area contributed by atoms with Crippen LogP contribution in [0.2, 0.25) is 0 Å². The Labute approximate surface area is 90.0 Å². The van der Waals surface area contributed by atoms with E-state index in [2.05, 4.69) is 4.98 Å². The van der Waals surface area contributed by atoms with Crippen molar-refractivity contribution in [1.29, 1.82) is 0 Å². The van der Waals surface area contributed by atoms with Gasteiger partial charge in [0.1, 0.15) is 11.6 Å². The molecule has 0 unspecified atom stereocenters. The van der Waals surface area contributed by atoms with Gasteiger partial charge in [-0.15, -0.1) is 0 Å². The van der Waals surface area contributed by atoms with Gasteiger partial charge in [0.05, 0.1) is 12.3 Å². The predicted molar refractivity (Wildman–Crippen MR) is 62.8 cm³/mol. The maximum Gasteiger partial charge on any atom is 0.149 e. The highest BCUT2D eigenvalue weighted by Gasteiger charge is 2.04. The lowest BCUT2D eigenvalue weighted by Gasteiger charge is -2.18. The van der Waals surface area contributed by atoms with Gasteiger partial charge < -0.3 is 21.1 Å². The second-order valence-electron chi connectivity index (χ2n) is 3.26. The Kier molecular flexibility index (Phi) is 4.17. The first kappa shape index (κ1) is 11.6. The van der Waals surface area contributed by atoms with Crippen LogP contribution in [-0.4, -0.2) is 31.8 Å². The second-order valence-corrected chi connectivity index (χ2v) is 3.26. The molecule has 84 valence electrons. The summed E-state index contributed by atoms with van der Waals surface area (Å²) in [5.74, 6) is 1.18. The molecule has 0 radical (unpaired) electrons. The van der Waals surface area contributed by atoms with Crippen molar-refractivity contribution in [3.05, 3.63) is 12.1 Å². The van der Waals surface area contributed by atoms with Gasteiger partial charge in [0.25, 0.3) is 0 Å². The van der Waals surface area contributed by atoms with Crippen LogP contribution in [0.1, 0.15) is 6.92 Å². The maximum atomic E-state index is 5.62. The largest absolute Gasteiger partial charge is 0.396 e. The van der Waals surface area contributed by atoms with E-state index in [1.165, 1.54) is 0 Å².